The molecule has 4 nitrogen and oxygen atoms in total. The number of piperidine rings is 1. The minimum atomic E-state index is -0.0492. The third-order valence-electron chi connectivity index (χ3n) is 2.94. The van der Waals surface area contributed by atoms with Crippen LogP contribution in [0, 0.1) is 3.57 Å². The molecule has 1 amide bonds. The van der Waals surface area contributed by atoms with E-state index in [9.17, 15) is 9.90 Å². The van der Waals surface area contributed by atoms with Crippen LogP contribution in [0.3, 0.4) is 0 Å². The molecule has 1 fully saturated rings. The number of rotatable bonds is 1. The van der Waals surface area contributed by atoms with E-state index in [1.165, 1.54) is 6.07 Å². The Balaban J connectivity index is 2.15. The highest BCUT2D eigenvalue weighted by atomic mass is 127. The molecule has 0 saturated carbocycles. The summed E-state index contributed by atoms with van der Waals surface area (Å²) in [4.78, 5) is 13.9. The molecule has 0 radical (unpaired) electrons. The third kappa shape index (κ3) is 2.90. The number of likely N-dealkylation sites (tertiary alicyclic amines) is 1. The van der Waals surface area contributed by atoms with Gasteiger partial charge in [-0.1, -0.05) is 0 Å². The Kier molecular flexibility index (Phi) is 3.88. The maximum Gasteiger partial charge on any atom is 0.254 e. The van der Waals surface area contributed by atoms with E-state index < -0.39 is 0 Å². The number of aromatic hydroxyl groups is 1. The third-order valence-corrected chi connectivity index (χ3v) is 3.85. The van der Waals surface area contributed by atoms with Gasteiger partial charge in [0.1, 0.15) is 5.75 Å². The van der Waals surface area contributed by atoms with E-state index in [4.69, 9.17) is 5.73 Å². The molecule has 2 rings (SSSR count). The minimum Gasteiger partial charge on any atom is -0.507 e. The number of nitrogens with zero attached hydrogens (tertiary/aromatic N) is 1. The van der Waals surface area contributed by atoms with Gasteiger partial charge in [0.15, 0.2) is 0 Å². The quantitative estimate of drug-likeness (QED) is 0.759. The van der Waals surface area contributed by atoms with Gasteiger partial charge in [-0.15, -0.1) is 0 Å². The summed E-state index contributed by atoms with van der Waals surface area (Å²) in [6.07, 6.45) is 1.92. The number of carbonyl (C=O) groups is 1. The number of carbonyl (C=O) groups excluding carboxylic acids is 1. The molecular weight excluding hydrogens is 331 g/mol. The maximum absolute atomic E-state index is 12.2. The molecule has 1 aliphatic heterocycles. The zero-order chi connectivity index (χ0) is 12.4. The zero-order valence-corrected chi connectivity index (χ0v) is 11.6. The Morgan fingerprint density at radius 1 is 1.53 bits per heavy atom. The number of nitrogens with two attached hydrogens (primary N) is 1. The number of hydrogen-bond donors (Lipinski definition) is 2. The predicted octanol–water partition coefficient (Wildman–Crippen LogP) is 1.56. The standard InChI is InChI=1S/C12H15IN2O2/c13-10-4-3-8(6-11(10)16)12(17)15-5-1-2-9(14)7-15/h3-4,6,9,16H,1-2,5,7,14H2. The molecule has 1 heterocycles. The van der Waals surface area contributed by atoms with Crippen LogP contribution in [0.5, 0.6) is 5.75 Å². The maximum atomic E-state index is 12.2. The summed E-state index contributed by atoms with van der Waals surface area (Å²) in [5.41, 5.74) is 6.38. The van der Waals surface area contributed by atoms with Crippen molar-refractivity contribution in [3.05, 3.63) is 27.3 Å². The highest BCUT2D eigenvalue weighted by molar-refractivity contribution is 14.1. The first kappa shape index (κ1) is 12.6. The lowest BCUT2D eigenvalue weighted by Crippen LogP contribution is -2.45. The van der Waals surface area contributed by atoms with Crippen molar-refractivity contribution in [1.82, 2.24) is 4.90 Å². The number of phenols is 1. The van der Waals surface area contributed by atoms with E-state index in [1.807, 2.05) is 22.6 Å². The molecule has 1 atom stereocenters. The first-order chi connectivity index (χ1) is 8.08. The van der Waals surface area contributed by atoms with Crippen molar-refractivity contribution >= 4 is 28.5 Å². The van der Waals surface area contributed by atoms with Crippen LogP contribution >= 0.6 is 22.6 Å². The summed E-state index contributed by atoms with van der Waals surface area (Å²) in [6, 6.07) is 5.08. The summed E-state index contributed by atoms with van der Waals surface area (Å²) in [5, 5.41) is 9.60. The van der Waals surface area contributed by atoms with E-state index in [2.05, 4.69) is 0 Å². The fraction of sp³-hybridized carbons (Fsp3) is 0.417. The van der Waals surface area contributed by atoms with Gasteiger partial charge in [0.05, 0.1) is 3.57 Å². The van der Waals surface area contributed by atoms with Crippen LogP contribution in [0.1, 0.15) is 23.2 Å². The van der Waals surface area contributed by atoms with Gasteiger partial charge in [0.25, 0.3) is 5.91 Å². The fourth-order valence-corrected chi connectivity index (χ4v) is 2.36. The first-order valence-electron chi connectivity index (χ1n) is 5.61. The van der Waals surface area contributed by atoms with Crippen LogP contribution in [0.15, 0.2) is 18.2 Å². The second-order valence-corrected chi connectivity index (χ2v) is 5.48. The molecule has 1 aromatic rings. The van der Waals surface area contributed by atoms with Crippen LogP contribution in [-0.2, 0) is 0 Å². The number of amides is 1. The Morgan fingerprint density at radius 3 is 2.94 bits per heavy atom. The Morgan fingerprint density at radius 2 is 2.29 bits per heavy atom. The molecule has 92 valence electrons. The highest BCUT2D eigenvalue weighted by Gasteiger charge is 2.22. The number of benzene rings is 1. The topological polar surface area (TPSA) is 66.6 Å². The lowest BCUT2D eigenvalue weighted by Gasteiger charge is -2.30. The van der Waals surface area contributed by atoms with Crippen molar-refractivity contribution in [1.29, 1.82) is 0 Å². The van der Waals surface area contributed by atoms with E-state index in [0.717, 1.165) is 23.0 Å². The molecule has 0 spiro atoms. The van der Waals surface area contributed by atoms with Crippen LogP contribution in [0.2, 0.25) is 0 Å². The molecule has 17 heavy (non-hydrogen) atoms. The van der Waals surface area contributed by atoms with Crippen LogP contribution in [0.25, 0.3) is 0 Å². The van der Waals surface area contributed by atoms with Gasteiger partial charge < -0.3 is 15.7 Å². The summed E-state index contributed by atoms with van der Waals surface area (Å²) in [7, 11) is 0. The van der Waals surface area contributed by atoms with Gasteiger partial charge >= 0.3 is 0 Å². The Hall–Kier alpha value is -0.820. The van der Waals surface area contributed by atoms with Crippen molar-refractivity contribution in [3.8, 4) is 5.75 Å². The SMILES string of the molecule is NC1CCCN(C(=O)c2ccc(I)c(O)c2)C1. The monoisotopic (exact) mass is 346 g/mol. The molecule has 1 saturated heterocycles. The second-order valence-electron chi connectivity index (χ2n) is 4.32. The average Bonchev–Trinajstić information content (AvgIpc) is 2.32. The number of halogens is 1. The largest absolute Gasteiger partial charge is 0.507 e. The molecule has 0 aromatic heterocycles. The Bertz CT molecular complexity index is 437. The van der Waals surface area contributed by atoms with Gasteiger partial charge in [0.2, 0.25) is 0 Å². The lowest BCUT2D eigenvalue weighted by molar-refractivity contribution is 0.0708. The Labute approximate surface area is 114 Å². The normalized spacial score (nSPS) is 20.4. The van der Waals surface area contributed by atoms with Gasteiger partial charge in [0, 0.05) is 24.7 Å². The molecule has 3 N–H and O–H groups in total. The average molecular weight is 346 g/mol. The van der Waals surface area contributed by atoms with E-state index >= 15 is 0 Å². The van der Waals surface area contributed by atoms with Gasteiger partial charge in [-0.05, 0) is 53.6 Å². The fourth-order valence-electron chi connectivity index (χ4n) is 2.02. The number of hydrogen-bond acceptors (Lipinski definition) is 3. The highest BCUT2D eigenvalue weighted by Crippen LogP contribution is 2.22. The van der Waals surface area contributed by atoms with E-state index in [1.54, 1.807) is 17.0 Å². The van der Waals surface area contributed by atoms with Gasteiger partial charge in [-0.3, -0.25) is 4.79 Å². The van der Waals surface area contributed by atoms with E-state index in [-0.39, 0.29) is 17.7 Å². The smallest absolute Gasteiger partial charge is 0.254 e. The molecular formula is C12H15IN2O2. The summed E-state index contributed by atoms with van der Waals surface area (Å²) < 4.78 is 0.745. The molecule has 1 aromatic carbocycles. The number of phenolic OH excluding ortho intramolecular Hbond substituents is 1. The summed E-state index contributed by atoms with van der Waals surface area (Å²) in [6.45, 7) is 1.35. The lowest BCUT2D eigenvalue weighted by atomic mass is 10.1. The summed E-state index contributed by atoms with van der Waals surface area (Å²) in [5.74, 6) is 0.101. The first-order valence-corrected chi connectivity index (χ1v) is 6.69. The van der Waals surface area contributed by atoms with Crippen LogP contribution in [-0.4, -0.2) is 35.0 Å². The van der Waals surface area contributed by atoms with Gasteiger partial charge in [-0.25, -0.2) is 0 Å². The molecule has 0 aliphatic carbocycles. The summed E-state index contributed by atoms with van der Waals surface area (Å²) >= 11 is 2.03. The van der Waals surface area contributed by atoms with Crippen molar-refractivity contribution in [2.75, 3.05) is 13.1 Å². The molecule has 0 bridgehead atoms. The minimum absolute atomic E-state index is 0.0492. The molecule has 5 heteroatoms. The second kappa shape index (κ2) is 5.22. The zero-order valence-electron chi connectivity index (χ0n) is 9.40. The predicted molar refractivity (Wildman–Crippen MR) is 73.9 cm³/mol. The van der Waals surface area contributed by atoms with Gasteiger partial charge in [-0.2, -0.15) is 0 Å². The van der Waals surface area contributed by atoms with Crippen molar-refractivity contribution in [2.45, 2.75) is 18.9 Å². The van der Waals surface area contributed by atoms with Crippen molar-refractivity contribution < 1.29 is 9.90 Å². The van der Waals surface area contributed by atoms with Crippen molar-refractivity contribution in [2.24, 2.45) is 5.73 Å². The van der Waals surface area contributed by atoms with E-state index in [0.29, 0.717) is 12.1 Å². The molecule has 1 aliphatic rings. The van der Waals surface area contributed by atoms with Crippen LogP contribution < -0.4 is 5.73 Å². The molecule has 1 unspecified atom stereocenters. The van der Waals surface area contributed by atoms with Crippen LogP contribution in [0.4, 0.5) is 0 Å². The van der Waals surface area contributed by atoms with Crippen molar-refractivity contribution in [3.63, 3.8) is 0 Å².